The summed E-state index contributed by atoms with van der Waals surface area (Å²) < 4.78 is 0.979. The first kappa shape index (κ1) is 15.7. The van der Waals surface area contributed by atoms with Crippen LogP contribution in [0.1, 0.15) is 0 Å². The largest absolute Gasteiger partial charge is 0.506 e. The Morgan fingerprint density at radius 1 is 1.00 bits per heavy atom. The minimum absolute atomic E-state index is 0.0933. The second-order valence-corrected chi connectivity index (χ2v) is 6.32. The average Bonchev–Trinajstić information content (AvgIpc) is 2.57. The van der Waals surface area contributed by atoms with Gasteiger partial charge in [0.1, 0.15) is 5.75 Å². The highest BCUT2D eigenvalue weighted by Crippen LogP contribution is 2.27. The van der Waals surface area contributed by atoms with Gasteiger partial charge in [-0.1, -0.05) is 28.1 Å². The van der Waals surface area contributed by atoms with Gasteiger partial charge in [0.2, 0.25) is 0 Å². The molecule has 0 radical (unpaired) electrons. The maximum absolute atomic E-state index is 12.3. The Kier molecular flexibility index (Phi) is 4.71. The van der Waals surface area contributed by atoms with Crippen molar-refractivity contribution in [2.75, 3.05) is 36.4 Å². The summed E-state index contributed by atoms with van der Waals surface area (Å²) in [6.45, 7) is 2.64. The molecule has 0 saturated carbocycles. The number of aromatic hydroxyl groups is 1. The van der Waals surface area contributed by atoms with E-state index in [1.54, 1.807) is 17.0 Å². The number of para-hydroxylation sites is 2. The molecule has 23 heavy (non-hydrogen) atoms. The topological polar surface area (TPSA) is 55.8 Å². The molecule has 0 aromatic heterocycles. The second-order valence-electron chi connectivity index (χ2n) is 5.40. The van der Waals surface area contributed by atoms with E-state index in [1.807, 2.05) is 36.4 Å². The monoisotopic (exact) mass is 375 g/mol. The van der Waals surface area contributed by atoms with E-state index >= 15 is 0 Å². The van der Waals surface area contributed by atoms with Gasteiger partial charge < -0.3 is 20.2 Å². The van der Waals surface area contributed by atoms with Gasteiger partial charge in [0, 0.05) is 36.3 Å². The Hall–Kier alpha value is -2.21. The van der Waals surface area contributed by atoms with Crippen molar-refractivity contribution in [1.29, 1.82) is 0 Å². The number of hydrogen-bond donors (Lipinski definition) is 2. The standard InChI is InChI=1S/C17H18BrN3O2/c18-13-5-7-14(8-6-13)19-17(23)21-11-9-20(10-12-21)15-3-1-2-4-16(15)22/h1-8,22H,9-12H2,(H,19,23). The zero-order valence-corrected chi connectivity index (χ0v) is 14.2. The lowest BCUT2D eigenvalue weighted by Crippen LogP contribution is -2.50. The number of anilines is 2. The molecule has 0 aliphatic carbocycles. The third-order valence-corrected chi connectivity index (χ3v) is 4.41. The molecule has 3 rings (SSSR count). The van der Waals surface area contributed by atoms with Crippen LogP contribution in [0.4, 0.5) is 16.2 Å². The first-order chi connectivity index (χ1) is 11.1. The molecule has 5 nitrogen and oxygen atoms in total. The molecule has 0 atom stereocenters. The maximum Gasteiger partial charge on any atom is 0.321 e. The van der Waals surface area contributed by atoms with E-state index in [-0.39, 0.29) is 11.8 Å². The van der Waals surface area contributed by atoms with Crippen molar-refractivity contribution < 1.29 is 9.90 Å². The summed E-state index contributed by atoms with van der Waals surface area (Å²) in [5.74, 6) is 0.278. The average molecular weight is 376 g/mol. The van der Waals surface area contributed by atoms with E-state index in [0.717, 1.165) is 15.8 Å². The lowest BCUT2D eigenvalue weighted by molar-refractivity contribution is 0.208. The molecule has 2 aromatic carbocycles. The Balaban J connectivity index is 1.57. The molecule has 120 valence electrons. The Labute approximate surface area is 143 Å². The molecule has 2 amide bonds. The molecule has 2 aromatic rings. The van der Waals surface area contributed by atoms with Crippen LogP contribution < -0.4 is 10.2 Å². The van der Waals surface area contributed by atoms with Gasteiger partial charge in [-0.2, -0.15) is 0 Å². The van der Waals surface area contributed by atoms with Crippen LogP contribution in [0.25, 0.3) is 0 Å². The van der Waals surface area contributed by atoms with Crippen molar-refractivity contribution >= 4 is 33.3 Å². The van der Waals surface area contributed by atoms with Crippen LogP contribution in [0.3, 0.4) is 0 Å². The SMILES string of the molecule is O=C(Nc1ccc(Br)cc1)N1CCN(c2ccccc2O)CC1. The molecule has 1 fully saturated rings. The molecular weight excluding hydrogens is 358 g/mol. The van der Waals surface area contributed by atoms with Crippen LogP contribution in [-0.2, 0) is 0 Å². The molecule has 0 unspecified atom stereocenters. The van der Waals surface area contributed by atoms with Gasteiger partial charge in [0.15, 0.2) is 0 Å². The van der Waals surface area contributed by atoms with Crippen molar-refractivity contribution in [2.45, 2.75) is 0 Å². The minimum atomic E-state index is -0.0933. The lowest BCUT2D eigenvalue weighted by atomic mass is 10.2. The highest BCUT2D eigenvalue weighted by atomic mass is 79.9. The summed E-state index contributed by atoms with van der Waals surface area (Å²) in [5, 5.41) is 12.8. The summed E-state index contributed by atoms with van der Waals surface area (Å²) in [7, 11) is 0. The number of amides is 2. The predicted molar refractivity (Wildman–Crippen MR) is 95.1 cm³/mol. The van der Waals surface area contributed by atoms with Crippen LogP contribution in [0.5, 0.6) is 5.75 Å². The number of nitrogens with zero attached hydrogens (tertiary/aromatic N) is 2. The quantitative estimate of drug-likeness (QED) is 0.844. The third-order valence-electron chi connectivity index (χ3n) is 3.88. The lowest BCUT2D eigenvalue weighted by Gasteiger charge is -2.36. The van der Waals surface area contributed by atoms with Gasteiger partial charge in [-0.25, -0.2) is 4.79 Å². The fraction of sp³-hybridized carbons (Fsp3) is 0.235. The molecule has 0 bridgehead atoms. The summed E-state index contributed by atoms with van der Waals surface area (Å²) in [6.07, 6.45) is 0. The van der Waals surface area contributed by atoms with Crippen molar-refractivity contribution in [3.63, 3.8) is 0 Å². The van der Waals surface area contributed by atoms with Crippen molar-refractivity contribution in [3.8, 4) is 5.75 Å². The summed E-state index contributed by atoms with van der Waals surface area (Å²) in [5.41, 5.74) is 1.60. The zero-order chi connectivity index (χ0) is 16.2. The van der Waals surface area contributed by atoms with E-state index in [9.17, 15) is 9.90 Å². The van der Waals surface area contributed by atoms with E-state index in [4.69, 9.17) is 0 Å². The number of carbonyl (C=O) groups excluding carboxylic acids is 1. The summed E-state index contributed by atoms with van der Waals surface area (Å²) in [6, 6.07) is 14.7. The number of carbonyl (C=O) groups is 1. The number of halogens is 1. The van der Waals surface area contributed by atoms with Gasteiger partial charge in [-0.3, -0.25) is 0 Å². The normalized spacial score (nSPS) is 14.7. The zero-order valence-electron chi connectivity index (χ0n) is 12.6. The number of nitrogens with one attached hydrogen (secondary N) is 1. The van der Waals surface area contributed by atoms with Crippen LogP contribution in [0.15, 0.2) is 53.0 Å². The number of phenolic OH excluding ortho intramolecular Hbond substituents is 1. The molecule has 1 heterocycles. The first-order valence-electron chi connectivity index (χ1n) is 7.48. The van der Waals surface area contributed by atoms with Gasteiger partial charge in [-0.05, 0) is 36.4 Å². The number of benzene rings is 2. The van der Waals surface area contributed by atoms with Crippen LogP contribution >= 0.6 is 15.9 Å². The fourth-order valence-electron chi connectivity index (χ4n) is 2.62. The smallest absolute Gasteiger partial charge is 0.321 e. The number of hydrogen-bond acceptors (Lipinski definition) is 3. The molecule has 6 heteroatoms. The maximum atomic E-state index is 12.3. The minimum Gasteiger partial charge on any atom is -0.506 e. The Morgan fingerprint density at radius 2 is 1.65 bits per heavy atom. The van der Waals surface area contributed by atoms with Crippen LogP contribution in [-0.4, -0.2) is 42.2 Å². The number of piperazine rings is 1. The van der Waals surface area contributed by atoms with Gasteiger partial charge in [0.25, 0.3) is 0 Å². The van der Waals surface area contributed by atoms with Crippen molar-refractivity contribution in [2.24, 2.45) is 0 Å². The highest BCUT2D eigenvalue weighted by Gasteiger charge is 2.22. The molecule has 2 N–H and O–H groups in total. The molecule has 1 saturated heterocycles. The van der Waals surface area contributed by atoms with Crippen LogP contribution in [0.2, 0.25) is 0 Å². The van der Waals surface area contributed by atoms with Crippen LogP contribution in [0, 0.1) is 0 Å². The first-order valence-corrected chi connectivity index (χ1v) is 8.27. The third kappa shape index (κ3) is 3.76. The van der Waals surface area contributed by atoms with Gasteiger partial charge in [0.05, 0.1) is 5.69 Å². The van der Waals surface area contributed by atoms with Gasteiger partial charge >= 0.3 is 6.03 Å². The predicted octanol–water partition coefficient (Wildman–Crippen LogP) is 3.51. The van der Waals surface area contributed by atoms with E-state index in [1.165, 1.54) is 0 Å². The second kappa shape index (κ2) is 6.91. The molecular formula is C17H18BrN3O2. The van der Waals surface area contributed by atoms with E-state index < -0.39 is 0 Å². The number of rotatable bonds is 2. The molecule has 0 spiro atoms. The fourth-order valence-corrected chi connectivity index (χ4v) is 2.88. The summed E-state index contributed by atoms with van der Waals surface area (Å²) >= 11 is 3.37. The number of urea groups is 1. The van der Waals surface area contributed by atoms with Gasteiger partial charge in [-0.15, -0.1) is 0 Å². The van der Waals surface area contributed by atoms with Crippen molar-refractivity contribution in [3.05, 3.63) is 53.0 Å². The molecule has 1 aliphatic heterocycles. The molecule has 1 aliphatic rings. The Morgan fingerprint density at radius 3 is 2.30 bits per heavy atom. The summed E-state index contributed by atoms with van der Waals surface area (Å²) in [4.78, 5) is 16.2. The van der Waals surface area contributed by atoms with E-state index in [2.05, 4.69) is 26.1 Å². The highest BCUT2D eigenvalue weighted by molar-refractivity contribution is 9.10. The number of phenols is 1. The Bertz CT molecular complexity index is 682. The van der Waals surface area contributed by atoms with Crippen molar-refractivity contribution in [1.82, 2.24) is 4.90 Å². The van der Waals surface area contributed by atoms with E-state index in [0.29, 0.717) is 26.2 Å².